The molecule has 0 saturated carbocycles. The van der Waals surface area contributed by atoms with Crippen molar-refractivity contribution in [2.24, 2.45) is 5.73 Å². The molecule has 0 atom stereocenters. The van der Waals surface area contributed by atoms with Gasteiger partial charge < -0.3 is 10.5 Å². The Kier molecular flexibility index (Phi) is 5.69. The van der Waals surface area contributed by atoms with Crippen LogP contribution in [0, 0.1) is 5.41 Å². The summed E-state index contributed by atoms with van der Waals surface area (Å²) < 4.78 is 44.5. The van der Waals surface area contributed by atoms with Crippen molar-refractivity contribution in [1.29, 1.82) is 5.41 Å². The zero-order valence-corrected chi connectivity index (χ0v) is 13.7. The monoisotopic (exact) mass is 350 g/mol. The maximum absolute atomic E-state index is 13.1. The second kappa shape index (κ2) is 6.78. The van der Waals surface area contributed by atoms with Gasteiger partial charge in [0, 0.05) is 12.0 Å². The van der Waals surface area contributed by atoms with Crippen LogP contribution in [0.3, 0.4) is 0 Å². The normalized spacial score (nSPS) is 12.1. The van der Waals surface area contributed by atoms with Gasteiger partial charge in [-0.05, 0) is 44.9 Å². The highest BCUT2D eigenvalue weighted by Gasteiger charge is 2.34. The Bertz CT molecular complexity index is 622. The molecule has 8 heteroatoms. The molecule has 0 amide bonds. The van der Waals surface area contributed by atoms with E-state index >= 15 is 0 Å². The Balaban J connectivity index is 3.09. The fraction of sp³-hybridized carbons (Fsp3) is 0.467. The first-order chi connectivity index (χ1) is 10.3. The zero-order chi connectivity index (χ0) is 18.0. The molecule has 4 nitrogen and oxygen atoms in total. The smallest absolute Gasteiger partial charge is 0.416 e. The van der Waals surface area contributed by atoms with E-state index in [9.17, 15) is 18.0 Å². The molecule has 0 saturated heterocycles. The lowest BCUT2D eigenvalue weighted by Crippen LogP contribution is -2.24. The largest absolute Gasteiger partial charge is 0.460 e. The number of alkyl halides is 3. The van der Waals surface area contributed by atoms with E-state index in [1.807, 2.05) is 0 Å². The molecule has 23 heavy (non-hydrogen) atoms. The number of nitrogen functional groups attached to an aromatic ring is 1. The van der Waals surface area contributed by atoms with Crippen molar-refractivity contribution in [2.75, 3.05) is 0 Å². The third-order valence-corrected chi connectivity index (χ3v) is 3.12. The number of carbonyl (C=O) groups is 1. The van der Waals surface area contributed by atoms with E-state index in [4.69, 9.17) is 27.5 Å². The number of esters is 1. The fourth-order valence-corrected chi connectivity index (χ4v) is 2.21. The van der Waals surface area contributed by atoms with Crippen LogP contribution in [0.25, 0.3) is 0 Å². The molecule has 1 aromatic carbocycles. The maximum Gasteiger partial charge on any atom is 0.416 e. The Morgan fingerprint density at radius 2 is 1.87 bits per heavy atom. The van der Waals surface area contributed by atoms with Gasteiger partial charge in [-0.2, -0.15) is 13.2 Å². The summed E-state index contributed by atoms with van der Waals surface area (Å²) in [5.41, 5.74) is 3.22. The number of ether oxygens (including phenoxy) is 1. The van der Waals surface area contributed by atoms with Gasteiger partial charge in [-0.1, -0.05) is 11.6 Å². The van der Waals surface area contributed by atoms with E-state index in [0.29, 0.717) is 0 Å². The van der Waals surface area contributed by atoms with Crippen LogP contribution >= 0.6 is 11.6 Å². The van der Waals surface area contributed by atoms with Crippen molar-refractivity contribution in [1.82, 2.24) is 0 Å². The molecule has 0 fully saturated rings. The first-order valence-electron chi connectivity index (χ1n) is 6.77. The van der Waals surface area contributed by atoms with Gasteiger partial charge >= 0.3 is 12.1 Å². The number of carbonyl (C=O) groups excluding carboxylic acids is 1. The number of nitrogens with two attached hydrogens (primary N) is 1. The lowest BCUT2D eigenvalue weighted by molar-refractivity contribution is -0.155. The highest BCUT2D eigenvalue weighted by atomic mass is 35.5. The predicted molar refractivity (Wildman–Crippen MR) is 81.6 cm³/mol. The van der Waals surface area contributed by atoms with Gasteiger partial charge in [0.1, 0.15) is 11.4 Å². The SMILES string of the molecule is CC(C)(C)OC(=O)CCc1cc(Cl)c(C(=N)N)cc1C(F)(F)F. The Morgan fingerprint density at radius 1 is 1.30 bits per heavy atom. The molecule has 0 aliphatic carbocycles. The average Bonchev–Trinajstić information content (AvgIpc) is 2.32. The Morgan fingerprint density at radius 3 is 2.30 bits per heavy atom. The van der Waals surface area contributed by atoms with Crippen LogP contribution in [-0.2, 0) is 22.1 Å². The van der Waals surface area contributed by atoms with Gasteiger partial charge in [0.2, 0.25) is 0 Å². The van der Waals surface area contributed by atoms with E-state index in [1.165, 1.54) is 0 Å². The molecule has 0 aliphatic rings. The van der Waals surface area contributed by atoms with E-state index in [-0.39, 0.29) is 29.0 Å². The zero-order valence-electron chi connectivity index (χ0n) is 13.0. The van der Waals surface area contributed by atoms with Crippen molar-refractivity contribution in [3.63, 3.8) is 0 Å². The summed E-state index contributed by atoms with van der Waals surface area (Å²) in [6, 6.07) is 1.82. The minimum atomic E-state index is -4.64. The summed E-state index contributed by atoms with van der Waals surface area (Å²) in [5.74, 6) is -1.16. The van der Waals surface area contributed by atoms with Crippen LogP contribution < -0.4 is 5.73 Å². The molecule has 1 rings (SSSR count). The minimum Gasteiger partial charge on any atom is -0.460 e. The minimum absolute atomic E-state index is 0.0651. The van der Waals surface area contributed by atoms with Crippen LogP contribution in [0.15, 0.2) is 12.1 Å². The first-order valence-corrected chi connectivity index (χ1v) is 7.15. The number of rotatable bonds is 4. The fourth-order valence-electron chi connectivity index (χ4n) is 1.92. The number of amidine groups is 1. The quantitative estimate of drug-likeness (QED) is 0.491. The molecule has 0 radical (unpaired) electrons. The van der Waals surface area contributed by atoms with Crippen molar-refractivity contribution >= 4 is 23.4 Å². The maximum atomic E-state index is 13.1. The second-order valence-electron chi connectivity index (χ2n) is 5.99. The topological polar surface area (TPSA) is 76.2 Å². The second-order valence-corrected chi connectivity index (χ2v) is 6.39. The molecule has 0 aromatic heterocycles. The molecule has 3 N–H and O–H groups in total. The standard InChI is InChI=1S/C15H18ClF3N2O2/c1-14(2,3)23-12(22)5-4-8-6-11(16)9(13(20)21)7-10(8)15(17,18)19/h6-7H,4-5H2,1-3H3,(H3,20,21). The number of nitrogens with one attached hydrogen (secondary N) is 1. The lowest BCUT2D eigenvalue weighted by atomic mass is 9.99. The van der Waals surface area contributed by atoms with Crippen LogP contribution in [0.2, 0.25) is 5.02 Å². The lowest BCUT2D eigenvalue weighted by Gasteiger charge is -2.20. The van der Waals surface area contributed by atoms with Crippen LogP contribution in [0.1, 0.15) is 43.9 Å². The van der Waals surface area contributed by atoms with Crippen molar-refractivity contribution in [3.8, 4) is 0 Å². The van der Waals surface area contributed by atoms with Gasteiger partial charge in [0.25, 0.3) is 0 Å². The van der Waals surface area contributed by atoms with Gasteiger partial charge in [-0.15, -0.1) is 0 Å². The summed E-state index contributed by atoms with van der Waals surface area (Å²) >= 11 is 5.86. The summed E-state index contributed by atoms with van der Waals surface area (Å²) in [4.78, 5) is 11.7. The third kappa shape index (κ3) is 5.74. The summed E-state index contributed by atoms with van der Waals surface area (Å²) in [7, 11) is 0. The number of aryl methyl sites for hydroxylation is 1. The Hall–Kier alpha value is -1.76. The summed E-state index contributed by atoms with van der Waals surface area (Å²) in [6.07, 6.45) is -5.03. The van der Waals surface area contributed by atoms with Crippen LogP contribution in [0.4, 0.5) is 13.2 Å². The molecule has 0 unspecified atom stereocenters. The van der Waals surface area contributed by atoms with Gasteiger partial charge in [0.05, 0.1) is 10.6 Å². The molecular formula is C15H18ClF3N2O2. The van der Waals surface area contributed by atoms with Gasteiger partial charge in [-0.25, -0.2) is 0 Å². The van der Waals surface area contributed by atoms with E-state index in [0.717, 1.165) is 12.1 Å². The first kappa shape index (κ1) is 19.3. The van der Waals surface area contributed by atoms with Crippen molar-refractivity contribution < 1.29 is 22.7 Å². The van der Waals surface area contributed by atoms with E-state index in [2.05, 4.69) is 0 Å². The number of benzene rings is 1. The van der Waals surface area contributed by atoms with Gasteiger partial charge in [-0.3, -0.25) is 10.2 Å². The average molecular weight is 351 g/mol. The Labute approximate surface area is 137 Å². The molecule has 0 aliphatic heterocycles. The van der Waals surface area contributed by atoms with E-state index < -0.39 is 29.1 Å². The van der Waals surface area contributed by atoms with Crippen molar-refractivity contribution in [2.45, 2.75) is 45.4 Å². The molecular weight excluding hydrogens is 333 g/mol. The number of hydrogen-bond donors (Lipinski definition) is 2. The summed E-state index contributed by atoms with van der Waals surface area (Å²) in [6.45, 7) is 5.01. The molecule has 128 valence electrons. The molecule has 0 spiro atoms. The van der Waals surface area contributed by atoms with E-state index in [1.54, 1.807) is 20.8 Å². The number of hydrogen-bond acceptors (Lipinski definition) is 3. The third-order valence-electron chi connectivity index (χ3n) is 2.81. The van der Waals surface area contributed by atoms with Crippen LogP contribution in [-0.4, -0.2) is 17.4 Å². The molecule has 0 heterocycles. The van der Waals surface area contributed by atoms with Crippen LogP contribution in [0.5, 0.6) is 0 Å². The summed E-state index contributed by atoms with van der Waals surface area (Å²) in [5, 5.41) is 7.20. The highest BCUT2D eigenvalue weighted by molar-refractivity contribution is 6.34. The number of halogens is 4. The molecule has 0 bridgehead atoms. The van der Waals surface area contributed by atoms with Crippen molar-refractivity contribution in [3.05, 3.63) is 33.8 Å². The predicted octanol–water partition coefficient (Wildman–Crippen LogP) is 3.92. The van der Waals surface area contributed by atoms with Gasteiger partial charge in [0.15, 0.2) is 0 Å². The molecule has 1 aromatic rings. The highest BCUT2D eigenvalue weighted by Crippen LogP contribution is 2.35.